The fourth-order valence-corrected chi connectivity index (χ4v) is 4.95. The molecule has 1 aliphatic heterocycles. The van der Waals surface area contributed by atoms with E-state index in [1.165, 1.54) is 28.6 Å². The van der Waals surface area contributed by atoms with Crippen LogP contribution in [0, 0.1) is 20.8 Å². The minimum atomic E-state index is -0.115. The molecule has 1 N–H and O–H groups in total. The lowest BCUT2D eigenvalue weighted by atomic mass is 10.1. The summed E-state index contributed by atoms with van der Waals surface area (Å²) in [7, 11) is 0. The van der Waals surface area contributed by atoms with Crippen LogP contribution in [0.5, 0.6) is 0 Å². The second-order valence-corrected chi connectivity index (χ2v) is 9.50. The maximum atomic E-state index is 12.6. The number of aromatic nitrogens is 1. The molecule has 4 nitrogen and oxygen atoms in total. The summed E-state index contributed by atoms with van der Waals surface area (Å²) in [5.41, 5.74) is 7.93. The molecule has 0 spiro atoms. The standard InChI is InChI=1S/C25H24BrN3OS/c1-5-18-8-6-7-15(2)23(18)29-16(3)13-19(17(29)4)14-22-24(30)28-25(31-22)27-21-11-9-20(26)10-12-21/h6-14H,5H2,1-4H3,(H,27,28,30)/b22-14-. The maximum Gasteiger partial charge on any atom is 0.264 e. The second-order valence-electron chi connectivity index (χ2n) is 7.56. The highest BCUT2D eigenvalue weighted by molar-refractivity contribution is 9.10. The molecule has 0 radical (unpaired) electrons. The highest BCUT2D eigenvalue weighted by atomic mass is 79.9. The molecule has 158 valence electrons. The van der Waals surface area contributed by atoms with Crippen molar-refractivity contribution in [3.05, 3.63) is 86.0 Å². The maximum absolute atomic E-state index is 12.6. The molecule has 2 aromatic carbocycles. The zero-order valence-corrected chi connectivity index (χ0v) is 20.4. The molecule has 6 heteroatoms. The van der Waals surface area contributed by atoms with Gasteiger partial charge in [0.1, 0.15) is 0 Å². The molecule has 0 unspecified atom stereocenters. The van der Waals surface area contributed by atoms with Gasteiger partial charge in [0, 0.05) is 15.9 Å². The molecule has 0 aliphatic carbocycles. The molecule has 0 atom stereocenters. The largest absolute Gasteiger partial charge is 0.317 e. The number of hydrogen-bond acceptors (Lipinski definition) is 3. The minimum Gasteiger partial charge on any atom is -0.317 e. The number of halogens is 1. The van der Waals surface area contributed by atoms with Crippen molar-refractivity contribution in [2.45, 2.75) is 34.1 Å². The third-order valence-electron chi connectivity index (χ3n) is 5.39. The molecule has 1 fully saturated rings. The number of thioether (sulfide) groups is 1. The number of carbonyl (C=O) groups excluding carboxylic acids is 1. The summed E-state index contributed by atoms with van der Waals surface area (Å²) in [5, 5.41) is 3.47. The summed E-state index contributed by atoms with van der Waals surface area (Å²) in [6.07, 6.45) is 2.94. The van der Waals surface area contributed by atoms with Gasteiger partial charge in [0.15, 0.2) is 5.17 Å². The van der Waals surface area contributed by atoms with Crippen molar-refractivity contribution in [2.75, 3.05) is 0 Å². The van der Waals surface area contributed by atoms with E-state index in [0.29, 0.717) is 10.1 Å². The van der Waals surface area contributed by atoms with Crippen molar-refractivity contribution < 1.29 is 4.79 Å². The van der Waals surface area contributed by atoms with E-state index in [4.69, 9.17) is 0 Å². The molecule has 1 saturated heterocycles. The van der Waals surface area contributed by atoms with Crippen molar-refractivity contribution in [2.24, 2.45) is 4.99 Å². The topological polar surface area (TPSA) is 46.4 Å². The van der Waals surface area contributed by atoms with Crippen molar-refractivity contribution >= 4 is 50.5 Å². The average Bonchev–Trinajstić information content (AvgIpc) is 3.22. The second kappa shape index (κ2) is 8.89. The normalized spacial score (nSPS) is 16.4. The number of aliphatic imine (C=N–C) groups is 1. The van der Waals surface area contributed by atoms with Crippen LogP contribution in [0.4, 0.5) is 5.69 Å². The Hall–Kier alpha value is -2.57. The predicted molar refractivity (Wildman–Crippen MR) is 134 cm³/mol. The van der Waals surface area contributed by atoms with Crippen LogP contribution < -0.4 is 5.32 Å². The molecule has 31 heavy (non-hydrogen) atoms. The summed E-state index contributed by atoms with van der Waals surface area (Å²) in [5.74, 6) is -0.115. The molecule has 1 amide bonds. The number of aryl methyl sites for hydroxylation is 3. The van der Waals surface area contributed by atoms with Gasteiger partial charge < -0.3 is 9.88 Å². The summed E-state index contributed by atoms with van der Waals surface area (Å²) in [6, 6.07) is 16.3. The number of carbonyl (C=O) groups is 1. The highest BCUT2D eigenvalue weighted by Crippen LogP contribution is 2.32. The smallest absolute Gasteiger partial charge is 0.264 e. The fraction of sp³-hybridized carbons (Fsp3) is 0.200. The number of amides is 1. The van der Waals surface area contributed by atoms with E-state index in [9.17, 15) is 4.79 Å². The van der Waals surface area contributed by atoms with E-state index >= 15 is 0 Å². The van der Waals surface area contributed by atoms with Crippen molar-refractivity contribution in [1.82, 2.24) is 9.88 Å². The van der Waals surface area contributed by atoms with E-state index in [1.54, 1.807) is 0 Å². The van der Waals surface area contributed by atoms with E-state index in [1.807, 2.05) is 30.3 Å². The first kappa shape index (κ1) is 21.7. The van der Waals surface area contributed by atoms with E-state index < -0.39 is 0 Å². The lowest BCUT2D eigenvalue weighted by Crippen LogP contribution is -2.19. The highest BCUT2D eigenvalue weighted by Gasteiger charge is 2.25. The monoisotopic (exact) mass is 493 g/mol. The van der Waals surface area contributed by atoms with E-state index in [-0.39, 0.29) is 5.91 Å². The summed E-state index contributed by atoms with van der Waals surface area (Å²) in [4.78, 5) is 17.8. The Labute approximate surface area is 195 Å². The van der Waals surface area contributed by atoms with Crippen LogP contribution in [0.1, 0.15) is 35.0 Å². The van der Waals surface area contributed by atoms with Crippen LogP contribution in [0.25, 0.3) is 11.8 Å². The summed E-state index contributed by atoms with van der Waals surface area (Å²) >= 11 is 4.80. The molecule has 1 aromatic heterocycles. The van der Waals surface area contributed by atoms with E-state index in [2.05, 4.69) is 82.8 Å². The predicted octanol–water partition coefficient (Wildman–Crippen LogP) is 6.62. The van der Waals surface area contributed by atoms with Gasteiger partial charge in [-0.05, 0) is 92.1 Å². The molecule has 4 rings (SSSR count). The minimum absolute atomic E-state index is 0.115. The fourth-order valence-electron chi connectivity index (χ4n) is 3.86. The third kappa shape index (κ3) is 4.41. The Balaban J connectivity index is 1.68. The Morgan fingerprint density at radius 1 is 1.13 bits per heavy atom. The van der Waals surface area contributed by atoms with Crippen molar-refractivity contribution in [3.63, 3.8) is 0 Å². The van der Waals surface area contributed by atoms with Gasteiger partial charge in [-0.3, -0.25) is 4.79 Å². The number of para-hydroxylation sites is 1. The zero-order chi connectivity index (χ0) is 22.1. The molecular formula is C25H24BrN3OS. The molecule has 3 aromatic rings. The molecule has 0 bridgehead atoms. The van der Waals surface area contributed by atoms with Crippen LogP contribution >= 0.6 is 27.7 Å². The van der Waals surface area contributed by atoms with Gasteiger partial charge in [-0.25, -0.2) is 4.99 Å². The Morgan fingerprint density at radius 3 is 2.58 bits per heavy atom. The Kier molecular flexibility index (Phi) is 6.21. The SMILES string of the molecule is CCc1cccc(C)c1-n1c(C)cc(/C=C2\SC(=Nc3ccc(Br)cc3)NC2=O)c1C. The van der Waals surface area contributed by atoms with Crippen molar-refractivity contribution in [3.8, 4) is 5.69 Å². The van der Waals surface area contributed by atoms with Crippen LogP contribution in [0.3, 0.4) is 0 Å². The number of nitrogens with zero attached hydrogens (tertiary/aromatic N) is 2. The number of nitrogens with one attached hydrogen (secondary N) is 1. The molecule has 0 saturated carbocycles. The molecule has 2 heterocycles. The number of hydrogen-bond donors (Lipinski definition) is 1. The number of amidine groups is 1. The van der Waals surface area contributed by atoms with Crippen LogP contribution in [-0.2, 0) is 11.2 Å². The third-order valence-corrected chi connectivity index (χ3v) is 6.83. The number of benzene rings is 2. The summed E-state index contributed by atoms with van der Waals surface area (Å²) in [6.45, 7) is 8.56. The first-order valence-electron chi connectivity index (χ1n) is 10.2. The average molecular weight is 494 g/mol. The quantitative estimate of drug-likeness (QED) is 0.415. The van der Waals surface area contributed by atoms with Gasteiger partial charge in [-0.15, -0.1) is 0 Å². The lowest BCUT2D eigenvalue weighted by Gasteiger charge is -2.17. The van der Waals surface area contributed by atoms with Crippen LogP contribution in [0.15, 0.2) is 62.9 Å². The first-order chi connectivity index (χ1) is 14.9. The van der Waals surface area contributed by atoms with Gasteiger partial charge in [-0.1, -0.05) is 41.1 Å². The van der Waals surface area contributed by atoms with Crippen molar-refractivity contribution in [1.29, 1.82) is 0 Å². The molecule has 1 aliphatic rings. The summed E-state index contributed by atoms with van der Waals surface area (Å²) < 4.78 is 3.30. The lowest BCUT2D eigenvalue weighted by molar-refractivity contribution is -0.115. The van der Waals surface area contributed by atoms with Gasteiger partial charge in [0.25, 0.3) is 5.91 Å². The van der Waals surface area contributed by atoms with Crippen LogP contribution in [0.2, 0.25) is 0 Å². The Morgan fingerprint density at radius 2 is 1.87 bits per heavy atom. The van der Waals surface area contributed by atoms with Gasteiger partial charge in [0.2, 0.25) is 0 Å². The van der Waals surface area contributed by atoms with Gasteiger partial charge >= 0.3 is 0 Å². The van der Waals surface area contributed by atoms with Gasteiger partial charge in [0.05, 0.1) is 16.3 Å². The first-order valence-corrected chi connectivity index (χ1v) is 11.8. The van der Waals surface area contributed by atoms with E-state index in [0.717, 1.165) is 33.5 Å². The van der Waals surface area contributed by atoms with Crippen LogP contribution in [-0.4, -0.2) is 15.6 Å². The zero-order valence-electron chi connectivity index (χ0n) is 18.0. The Bertz CT molecular complexity index is 1220. The van der Waals surface area contributed by atoms with Gasteiger partial charge in [-0.2, -0.15) is 0 Å². The number of rotatable bonds is 4. The molecular weight excluding hydrogens is 470 g/mol.